The van der Waals surface area contributed by atoms with Crippen LogP contribution >= 0.6 is 0 Å². The molecule has 0 spiro atoms. The van der Waals surface area contributed by atoms with E-state index in [4.69, 9.17) is 0 Å². The summed E-state index contributed by atoms with van der Waals surface area (Å²) < 4.78 is 38.8. The normalized spacial score (nSPS) is 17.2. The standard InChI is InChI=1S/C24H22F3N/c25-24(26,27)22-9-4-8-21(17-22)18-11-14-28(15-12-18)16-13-20-7-3-6-19-5-1-2-10-23(19)20/h1-11,14,17-18H,12-13,15-16H2. The highest BCUT2D eigenvalue weighted by Gasteiger charge is 2.31. The topological polar surface area (TPSA) is 3.24 Å². The summed E-state index contributed by atoms with van der Waals surface area (Å²) in [5.41, 5.74) is 1.49. The molecule has 0 amide bonds. The summed E-state index contributed by atoms with van der Waals surface area (Å²) in [7, 11) is 0. The van der Waals surface area contributed by atoms with Crippen LogP contribution in [-0.4, -0.2) is 18.0 Å². The average molecular weight is 381 g/mol. The number of hydrogen-bond donors (Lipinski definition) is 0. The summed E-state index contributed by atoms with van der Waals surface area (Å²) in [6.07, 6.45) is 1.55. The minimum Gasteiger partial charge on any atom is -0.377 e. The molecule has 1 unspecified atom stereocenters. The summed E-state index contributed by atoms with van der Waals surface area (Å²) in [4.78, 5) is 2.26. The Kier molecular flexibility index (Phi) is 5.12. The van der Waals surface area contributed by atoms with Crippen LogP contribution in [0.5, 0.6) is 0 Å². The molecule has 0 saturated heterocycles. The zero-order chi connectivity index (χ0) is 19.6. The number of benzene rings is 3. The predicted molar refractivity (Wildman–Crippen MR) is 107 cm³/mol. The number of rotatable bonds is 4. The van der Waals surface area contributed by atoms with E-state index in [9.17, 15) is 13.2 Å². The molecular weight excluding hydrogens is 359 g/mol. The van der Waals surface area contributed by atoms with Gasteiger partial charge in [0, 0.05) is 19.0 Å². The maximum atomic E-state index is 12.9. The van der Waals surface area contributed by atoms with Gasteiger partial charge in [0.15, 0.2) is 0 Å². The fourth-order valence-electron chi connectivity index (χ4n) is 3.89. The first-order chi connectivity index (χ1) is 13.5. The van der Waals surface area contributed by atoms with Gasteiger partial charge in [0.1, 0.15) is 0 Å². The van der Waals surface area contributed by atoms with Gasteiger partial charge in [0.05, 0.1) is 5.56 Å². The molecule has 1 aliphatic rings. The highest BCUT2D eigenvalue weighted by Crippen LogP contribution is 2.33. The largest absolute Gasteiger partial charge is 0.416 e. The van der Waals surface area contributed by atoms with E-state index in [1.165, 1.54) is 28.5 Å². The van der Waals surface area contributed by atoms with Crippen molar-refractivity contribution in [1.82, 2.24) is 4.90 Å². The highest BCUT2D eigenvalue weighted by atomic mass is 19.4. The second-order valence-electron chi connectivity index (χ2n) is 7.28. The lowest BCUT2D eigenvalue weighted by Gasteiger charge is -2.28. The van der Waals surface area contributed by atoms with Crippen LogP contribution in [0, 0.1) is 0 Å². The van der Waals surface area contributed by atoms with Crippen LogP contribution in [0.25, 0.3) is 10.8 Å². The van der Waals surface area contributed by atoms with E-state index in [0.29, 0.717) is 0 Å². The number of halogens is 3. The number of allylic oxidation sites excluding steroid dienone is 1. The molecular formula is C24H22F3N. The van der Waals surface area contributed by atoms with Gasteiger partial charge in [0.25, 0.3) is 0 Å². The lowest BCUT2D eigenvalue weighted by Crippen LogP contribution is -2.26. The maximum absolute atomic E-state index is 12.9. The molecule has 0 fully saturated rings. The van der Waals surface area contributed by atoms with Crippen LogP contribution in [0.3, 0.4) is 0 Å². The molecule has 28 heavy (non-hydrogen) atoms. The average Bonchev–Trinajstić information content (AvgIpc) is 2.72. The van der Waals surface area contributed by atoms with Crippen LogP contribution < -0.4 is 0 Å². The quantitative estimate of drug-likeness (QED) is 0.505. The fourth-order valence-corrected chi connectivity index (χ4v) is 3.89. The molecule has 0 N–H and O–H groups in total. The molecule has 4 heteroatoms. The Balaban J connectivity index is 1.42. The molecule has 0 radical (unpaired) electrons. The van der Waals surface area contributed by atoms with Crippen molar-refractivity contribution in [2.75, 3.05) is 13.1 Å². The van der Waals surface area contributed by atoms with E-state index in [0.717, 1.165) is 37.6 Å². The molecule has 1 atom stereocenters. The molecule has 1 aliphatic heterocycles. The zero-order valence-electron chi connectivity index (χ0n) is 15.5. The monoisotopic (exact) mass is 381 g/mol. The Hall–Kier alpha value is -2.75. The molecule has 0 saturated carbocycles. The third kappa shape index (κ3) is 4.06. The maximum Gasteiger partial charge on any atom is 0.416 e. The lowest BCUT2D eigenvalue weighted by atomic mass is 9.92. The second-order valence-corrected chi connectivity index (χ2v) is 7.28. The third-order valence-corrected chi connectivity index (χ3v) is 5.45. The summed E-state index contributed by atoms with van der Waals surface area (Å²) in [6.45, 7) is 1.75. The molecule has 4 rings (SSSR count). The molecule has 0 aromatic heterocycles. The zero-order valence-corrected chi connectivity index (χ0v) is 15.5. The summed E-state index contributed by atoms with van der Waals surface area (Å²) in [5, 5.41) is 2.53. The van der Waals surface area contributed by atoms with Crippen molar-refractivity contribution in [3.8, 4) is 0 Å². The summed E-state index contributed by atoms with van der Waals surface area (Å²) in [5.74, 6) is 0.0381. The Morgan fingerprint density at radius 1 is 0.929 bits per heavy atom. The van der Waals surface area contributed by atoms with E-state index in [1.807, 2.05) is 18.3 Å². The molecule has 1 heterocycles. The molecule has 3 aromatic rings. The minimum absolute atomic E-state index is 0.0381. The van der Waals surface area contributed by atoms with Crippen molar-refractivity contribution in [3.63, 3.8) is 0 Å². The van der Waals surface area contributed by atoms with Crippen LogP contribution in [0.15, 0.2) is 79.0 Å². The number of nitrogens with zero attached hydrogens (tertiary/aromatic N) is 1. The Morgan fingerprint density at radius 3 is 2.50 bits per heavy atom. The predicted octanol–water partition coefficient (Wildman–Crippen LogP) is 6.40. The number of hydrogen-bond acceptors (Lipinski definition) is 1. The molecule has 1 nitrogen and oxygen atoms in total. The summed E-state index contributed by atoms with van der Waals surface area (Å²) in [6, 6.07) is 20.5. The first kappa shape index (κ1) is 18.6. The fraction of sp³-hybridized carbons (Fsp3) is 0.250. The Bertz CT molecular complexity index is 985. The molecule has 0 bridgehead atoms. The van der Waals surface area contributed by atoms with Crippen molar-refractivity contribution in [1.29, 1.82) is 0 Å². The van der Waals surface area contributed by atoms with Crippen LogP contribution in [0.2, 0.25) is 0 Å². The van der Waals surface area contributed by atoms with Gasteiger partial charge in [-0.3, -0.25) is 0 Å². The van der Waals surface area contributed by atoms with Crippen LogP contribution in [-0.2, 0) is 12.6 Å². The van der Waals surface area contributed by atoms with Crippen LogP contribution in [0.1, 0.15) is 29.0 Å². The number of fused-ring (bicyclic) bond motifs is 1. The number of alkyl halides is 3. The van der Waals surface area contributed by atoms with Gasteiger partial charge < -0.3 is 4.90 Å². The van der Waals surface area contributed by atoms with Crippen molar-refractivity contribution in [3.05, 3.63) is 95.7 Å². The SMILES string of the molecule is FC(F)(F)c1cccc(C2C=CN(CCc3cccc4ccccc34)CC2)c1. The van der Waals surface area contributed by atoms with E-state index in [2.05, 4.69) is 41.3 Å². The summed E-state index contributed by atoms with van der Waals surface area (Å²) >= 11 is 0. The highest BCUT2D eigenvalue weighted by molar-refractivity contribution is 5.85. The Morgan fingerprint density at radius 2 is 1.71 bits per heavy atom. The lowest BCUT2D eigenvalue weighted by molar-refractivity contribution is -0.137. The van der Waals surface area contributed by atoms with Gasteiger partial charge in [-0.25, -0.2) is 0 Å². The first-order valence-electron chi connectivity index (χ1n) is 9.57. The van der Waals surface area contributed by atoms with Crippen LogP contribution in [0.4, 0.5) is 13.2 Å². The second kappa shape index (κ2) is 7.70. The van der Waals surface area contributed by atoms with Crippen molar-refractivity contribution in [2.24, 2.45) is 0 Å². The van der Waals surface area contributed by atoms with E-state index < -0.39 is 11.7 Å². The minimum atomic E-state index is -4.29. The van der Waals surface area contributed by atoms with Crippen molar-refractivity contribution in [2.45, 2.75) is 24.9 Å². The van der Waals surface area contributed by atoms with Gasteiger partial charge in [-0.15, -0.1) is 0 Å². The van der Waals surface area contributed by atoms with Gasteiger partial charge in [-0.1, -0.05) is 66.7 Å². The molecule has 3 aromatic carbocycles. The van der Waals surface area contributed by atoms with Gasteiger partial charge in [-0.05, 0) is 47.0 Å². The van der Waals surface area contributed by atoms with E-state index >= 15 is 0 Å². The molecule has 0 aliphatic carbocycles. The van der Waals surface area contributed by atoms with Gasteiger partial charge in [-0.2, -0.15) is 13.2 Å². The van der Waals surface area contributed by atoms with E-state index in [-0.39, 0.29) is 5.92 Å². The first-order valence-corrected chi connectivity index (χ1v) is 9.57. The van der Waals surface area contributed by atoms with Gasteiger partial charge in [0.2, 0.25) is 0 Å². The van der Waals surface area contributed by atoms with Crippen molar-refractivity contribution >= 4 is 10.8 Å². The third-order valence-electron chi connectivity index (χ3n) is 5.45. The Labute approximate surface area is 163 Å². The van der Waals surface area contributed by atoms with E-state index in [1.54, 1.807) is 6.07 Å². The van der Waals surface area contributed by atoms with Gasteiger partial charge >= 0.3 is 6.18 Å². The van der Waals surface area contributed by atoms with Crippen molar-refractivity contribution < 1.29 is 13.2 Å². The molecule has 144 valence electrons. The smallest absolute Gasteiger partial charge is 0.377 e.